The monoisotopic (exact) mass is 522 g/mol. The minimum Gasteiger partial charge on any atom is -0.390 e. The minimum atomic E-state index is -0.607. The molecule has 0 bridgehead atoms. The third-order valence-corrected chi connectivity index (χ3v) is 9.22. The van der Waals surface area contributed by atoms with Crippen LogP contribution in [0.25, 0.3) is 21.5 Å². The Morgan fingerprint density at radius 3 is 2.73 bits per heavy atom. The number of rotatable bonds is 5. The number of piperidine rings is 1. The van der Waals surface area contributed by atoms with Crippen LogP contribution in [0.3, 0.4) is 0 Å². The molecule has 0 radical (unpaired) electrons. The first-order chi connectivity index (χ1) is 17.7. The second-order valence-corrected chi connectivity index (χ2v) is 11.9. The van der Waals surface area contributed by atoms with Gasteiger partial charge in [-0.3, -0.25) is 10.1 Å². The molecule has 3 aromatic rings. The van der Waals surface area contributed by atoms with Gasteiger partial charge in [0.15, 0.2) is 5.82 Å². The Bertz CT molecular complexity index is 1330. The zero-order valence-corrected chi connectivity index (χ0v) is 23.3. The average Bonchev–Trinajstić information content (AvgIpc) is 3.42. The lowest BCUT2D eigenvalue weighted by molar-refractivity contribution is -0.143. The molecule has 2 fully saturated rings. The lowest BCUT2D eigenvalue weighted by Gasteiger charge is -2.40. The minimum absolute atomic E-state index is 0.166. The number of carbonyl (C=O) groups is 1. The van der Waals surface area contributed by atoms with Gasteiger partial charge in [0.2, 0.25) is 5.91 Å². The molecular formula is C28H38N6O2S. The number of pyridine rings is 1. The molecule has 2 aliphatic heterocycles. The van der Waals surface area contributed by atoms with Gasteiger partial charge in [0.25, 0.3) is 0 Å². The lowest BCUT2D eigenvalue weighted by atomic mass is 9.89. The highest BCUT2D eigenvalue weighted by molar-refractivity contribution is 7.19. The van der Waals surface area contributed by atoms with Gasteiger partial charge in [0, 0.05) is 41.7 Å². The number of carbonyl (C=O) groups excluding carboxylic acids is 1. The lowest BCUT2D eigenvalue weighted by Crippen LogP contribution is -2.62. The summed E-state index contributed by atoms with van der Waals surface area (Å²) in [5, 5.41) is 4.72. The molecule has 5 heterocycles. The molecule has 1 atom stereocenters. The van der Waals surface area contributed by atoms with Gasteiger partial charge >= 0.3 is 0 Å². The van der Waals surface area contributed by atoms with Gasteiger partial charge in [0.1, 0.15) is 10.4 Å². The molecule has 0 saturated carbocycles. The number of hydrogen-bond donors (Lipinski definition) is 3. The molecular weight excluding hydrogens is 484 g/mol. The Balaban J connectivity index is 1.40. The van der Waals surface area contributed by atoms with Crippen molar-refractivity contribution >= 4 is 39.6 Å². The SMILES string of the molecule is Cc1cc(-c2[nH]c3sc(C4CCN(C(=O)C5(C)COCCN5)CC4)c(C)c3c2C(C)C)cnc1N=CN. The van der Waals surface area contributed by atoms with E-state index in [2.05, 4.69) is 47.1 Å². The number of aromatic amines is 1. The Morgan fingerprint density at radius 2 is 2.11 bits per heavy atom. The van der Waals surface area contributed by atoms with Crippen molar-refractivity contribution in [2.45, 2.75) is 64.8 Å². The van der Waals surface area contributed by atoms with E-state index < -0.39 is 5.54 Å². The van der Waals surface area contributed by atoms with Crippen LogP contribution in [0.1, 0.15) is 67.0 Å². The second kappa shape index (κ2) is 10.2. The third-order valence-electron chi connectivity index (χ3n) is 7.85. The number of H-pyrrole nitrogens is 1. The molecule has 5 rings (SSSR count). The average molecular weight is 523 g/mol. The van der Waals surface area contributed by atoms with Crippen molar-refractivity contribution in [3.8, 4) is 11.3 Å². The molecule has 1 unspecified atom stereocenters. The third kappa shape index (κ3) is 4.69. The zero-order valence-electron chi connectivity index (χ0n) is 22.5. The van der Waals surface area contributed by atoms with E-state index in [4.69, 9.17) is 10.5 Å². The molecule has 198 valence electrons. The first-order valence-electron chi connectivity index (χ1n) is 13.2. The number of fused-ring (bicyclic) bond motifs is 1. The van der Waals surface area contributed by atoms with Crippen molar-refractivity contribution < 1.29 is 9.53 Å². The molecule has 2 saturated heterocycles. The van der Waals surface area contributed by atoms with Gasteiger partial charge in [-0.15, -0.1) is 11.3 Å². The van der Waals surface area contributed by atoms with Crippen LogP contribution < -0.4 is 11.1 Å². The van der Waals surface area contributed by atoms with Crippen LogP contribution in [0, 0.1) is 13.8 Å². The molecule has 3 aromatic heterocycles. The van der Waals surface area contributed by atoms with Gasteiger partial charge in [-0.05, 0) is 68.2 Å². The highest BCUT2D eigenvalue weighted by Gasteiger charge is 2.40. The van der Waals surface area contributed by atoms with Crippen molar-refractivity contribution in [3.05, 3.63) is 33.8 Å². The van der Waals surface area contributed by atoms with Crippen LogP contribution in [0.2, 0.25) is 0 Å². The summed E-state index contributed by atoms with van der Waals surface area (Å²) in [6.45, 7) is 14.2. The van der Waals surface area contributed by atoms with Crippen molar-refractivity contribution in [1.82, 2.24) is 20.2 Å². The molecule has 37 heavy (non-hydrogen) atoms. The van der Waals surface area contributed by atoms with E-state index in [1.807, 2.05) is 36.3 Å². The summed E-state index contributed by atoms with van der Waals surface area (Å²) < 4.78 is 5.60. The predicted molar refractivity (Wildman–Crippen MR) is 151 cm³/mol. The van der Waals surface area contributed by atoms with Crippen LogP contribution in [0.5, 0.6) is 0 Å². The van der Waals surface area contributed by atoms with Gasteiger partial charge in [-0.1, -0.05) is 13.8 Å². The topological polar surface area (TPSA) is 109 Å². The fraction of sp³-hybridized carbons (Fsp3) is 0.536. The zero-order chi connectivity index (χ0) is 26.3. The summed E-state index contributed by atoms with van der Waals surface area (Å²) in [7, 11) is 0. The Kier molecular flexibility index (Phi) is 7.13. The normalized spacial score (nSPS) is 21.5. The van der Waals surface area contributed by atoms with E-state index >= 15 is 0 Å². The van der Waals surface area contributed by atoms with E-state index in [1.54, 1.807) is 0 Å². The molecule has 8 nitrogen and oxygen atoms in total. The molecule has 0 spiro atoms. The van der Waals surface area contributed by atoms with Gasteiger partial charge < -0.3 is 20.4 Å². The fourth-order valence-corrected chi connectivity index (χ4v) is 7.31. The maximum Gasteiger partial charge on any atom is 0.244 e. The number of hydrogen-bond acceptors (Lipinski definition) is 6. The second-order valence-electron chi connectivity index (χ2n) is 10.9. The van der Waals surface area contributed by atoms with Gasteiger partial charge in [-0.2, -0.15) is 0 Å². The summed E-state index contributed by atoms with van der Waals surface area (Å²) >= 11 is 1.88. The number of ether oxygens (including phenoxy) is 1. The first-order valence-corrected chi connectivity index (χ1v) is 14.0. The maximum atomic E-state index is 13.2. The fourth-order valence-electron chi connectivity index (χ4n) is 5.91. The first kappa shape index (κ1) is 25.9. The quantitative estimate of drug-likeness (QED) is 0.331. The van der Waals surface area contributed by atoms with Crippen molar-refractivity contribution in [2.75, 3.05) is 32.8 Å². The molecule has 4 N–H and O–H groups in total. The van der Waals surface area contributed by atoms with E-state index in [-0.39, 0.29) is 5.91 Å². The Hall–Kier alpha value is -2.75. The number of nitrogens with zero attached hydrogens (tertiary/aromatic N) is 3. The highest BCUT2D eigenvalue weighted by Crippen LogP contribution is 2.46. The van der Waals surface area contributed by atoms with Crippen molar-refractivity contribution in [1.29, 1.82) is 0 Å². The van der Waals surface area contributed by atoms with Gasteiger partial charge in [-0.25, -0.2) is 9.98 Å². The molecule has 0 aliphatic carbocycles. The summed E-state index contributed by atoms with van der Waals surface area (Å²) in [5.74, 6) is 1.64. The smallest absolute Gasteiger partial charge is 0.244 e. The standard InChI is InChI=1S/C28H38N6O2S/c1-16(2)21-22-18(4)24(19-6-9-34(10-7-19)27(35)28(5)14-36-11-8-32-28)37-26(22)33-23(21)20-12-17(3)25(30-13-20)31-15-29/h12-13,15-16,19,32-33H,6-11,14H2,1-5H3,(H2,29,30,31). The maximum absolute atomic E-state index is 13.2. The van der Waals surface area contributed by atoms with Crippen LogP contribution >= 0.6 is 11.3 Å². The van der Waals surface area contributed by atoms with Crippen LogP contribution in [-0.4, -0.2) is 65.5 Å². The van der Waals surface area contributed by atoms with E-state index in [0.29, 0.717) is 30.9 Å². The number of thiophene rings is 1. The number of likely N-dealkylation sites (tertiary alicyclic amines) is 1. The van der Waals surface area contributed by atoms with Crippen LogP contribution in [0.4, 0.5) is 5.82 Å². The largest absolute Gasteiger partial charge is 0.390 e. The predicted octanol–water partition coefficient (Wildman–Crippen LogP) is 4.73. The van der Waals surface area contributed by atoms with Crippen molar-refractivity contribution in [2.24, 2.45) is 10.7 Å². The summed E-state index contributed by atoms with van der Waals surface area (Å²) in [5.41, 5.74) is 10.8. The number of amides is 1. The summed E-state index contributed by atoms with van der Waals surface area (Å²) in [6, 6.07) is 2.13. The van der Waals surface area contributed by atoms with Gasteiger partial charge in [0.05, 0.1) is 25.2 Å². The molecule has 9 heteroatoms. The number of nitrogens with two attached hydrogens (primary N) is 1. The van der Waals surface area contributed by atoms with E-state index in [1.165, 1.54) is 32.6 Å². The van der Waals surface area contributed by atoms with Crippen LogP contribution in [0.15, 0.2) is 17.3 Å². The number of morpholine rings is 1. The number of aryl methyl sites for hydroxylation is 2. The van der Waals surface area contributed by atoms with E-state index in [9.17, 15) is 4.79 Å². The molecule has 2 aliphatic rings. The number of nitrogens with one attached hydrogen (secondary N) is 2. The molecule has 1 amide bonds. The summed E-state index contributed by atoms with van der Waals surface area (Å²) in [6.07, 6.45) is 5.14. The number of aromatic nitrogens is 2. The van der Waals surface area contributed by atoms with Crippen LogP contribution in [-0.2, 0) is 9.53 Å². The van der Waals surface area contributed by atoms with E-state index in [0.717, 1.165) is 49.3 Å². The summed E-state index contributed by atoms with van der Waals surface area (Å²) in [4.78, 5) is 30.4. The highest BCUT2D eigenvalue weighted by atomic mass is 32.1. The Morgan fingerprint density at radius 1 is 1.35 bits per heavy atom. The number of aliphatic imine (C=N–C) groups is 1. The molecule has 0 aromatic carbocycles. The Labute approximate surface area is 222 Å². The van der Waals surface area contributed by atoms with Crippen molar-refractivity contribution in [3.63, 3.8) is 0 Å².